The summed E-state index contributed by atoms with van der Waals surface area (Å²) in [4.78, 5) is 13.6. The number of nitrogens with one attached hydrogen (secondary N) is 1. The molecule has 0 spiro atoms. The molecule has 122 valence electrons. The summed E-state index contributed by atoms with van der Waals surface area (Å²) in [6.45, 7) is 1.12. The third kappa shape index (κ3) is 3.09. The van der Waals surface area contributed by atoms with Crippen LogP contribution in [0.5, 0.6) is 0 Å². The van der Waals surface area contributed by atoms with Crippen LogP contribution in [0, 0.1) is 5.92 Å². The molecule has 9 heteroatoms. The van der Waals surface area contributed by atoms with Crippen molar-refractivity contribution in [2.75, 3.05) is 31.2 Å². The topological polar surface area (TPSA) is 93.5 Å². The number of rotatable bonds is 6. The lowest BCUT2D eigenvalue weighted by molar-refractivity contribution is 0.0743. The number of carbonyl (C=O) groups is 1. The molecule has 0 saturated heterocycles. The quantitative estimate of drug-likeness (QED) is 0.801. The highest BCUT2D eigenvalue weighted by atomic mass is 32.2. The van der Waals surface area contributed by atoms with Crippen molar-refractivity contribution in [3.8, 4) is 0 Å². The minimum atomic E-state index is -3.56. The predicted molar refractivity (Wildman–Crippen MR) is 80.1 cm³/mol. The molecule has 2 aliphatic rings. The maximum Gasteiger partial charge on any atom is 0.272 e. The van der Waals surface area contributed by atoms with E-state index in [0.717, 1.165) is 12.8 Å². The molecule has 1 saturated carbocycles. The number of anilines is 1. The number of sulfonamides is 1. The monoisotopic (exact) mass is 328 g/mol. The third-order valence-corrected chi connectivity index (χ3v) is 5.37. The van der Waals surface area contributed by atoms with Crippen LogP contribution in [0.25, 0.3) is 0 Å². The Kier molecular flexibility index (Phi) is 3.85. The first-order valence-corrected chi connectivity index (χ1v) is 8.91. The fourth-order valence-corrected chi connectivity index (χ4v) is 3.98. The zero-order valence-electron chi connectivity index (χ0n) is 12.7. The van der Waals surface area contributed by atoms with Gasteiger partial charge in [0.25, 0.3) is 5.91 Å². The zero-order chi connectivity index (χ0) is 15.9. The highest BCUT2D eigenvalue weighted by molar-refractivity contribution is 7.92. The summed E-state index contributed by atoms with van der Waals surface area (Å²) >= 11 is 0. The first-order valence-electron chi connectivity index (χ1n) is 7.26. The van der Waals surface area contributed by atoms with Gasteiger partial charge in [0.15, 0.2) is 5.82 Å². The largest absolute Gasteiger partial charge is 0.380 e. The van der Waals surface area contributed by atoms with E-state index in [1.807, 2.05) is 0 Å². The highest BCUT2D eigenvalue weighted by Crippen LogP contribution is 2.34. The van der Waals surface area contributed by atoms with Crippen LogP contribution in [0.4, 0.5) is 5.82 Å². The molecule has 0 radical (unpaired) electrons. The molecule has 1 aliphatic carbocycles. The lowest BCUT2D eigenvalue weighted by Crippen LogP contribution is -2.37. The van der Waals surface area contributed by atoms with Crippen molar-refractivity contribution in [2.45, 2.75) is 25.5 Å². The Hall–Kier alpha value is -1.61. The van der Waals surface area contributed by atoms with E-state index in [1.54, 1.807) is 11.9 Å². The Morgan fingerprint density at radius 2 is 2.18 bits per heavy atom. The van der Waals surface area contributed by atoms with Gasteiger partial charge < -0.3 is 9.64 Å². The minimum absolute atomic E-state index is 0.0930. The molecule has 1 amide bonds. The first kappa shape index (κ1) is 15.3. The van der Waals surface area contributed by atoms with Gasteiger partial charge in [0.1, 0.15) is 5.69 Å². The van der Waals surface area contributed by atoms with Crippen LogP contribution in [0.15, 0.2) is 6.07 Å². The molecule has 0 bridgehead atoms. The molecule has 8 nitrogen and oxygen atoms in total. The summed E-state index contributed by atoms with van der Waals surface area (Å²) in [6, 6.07) is 1.48. The molecule has 22 heavy (non-hydrogen) atoms. The molecule has 1 aromatic rings. The van der Waals surface area contributed by atoms with Gasteiger partial charge in [0.2, 0.25) is 10.0 Å². The van der Waals surface area contributed by atoms with Crippen molar-refractivity contribution >= 4 is 21.7 Å². The normalized spacial score (nSPS) is 19.9. The molecule has 1 atom stereocenters. The highest BCUT2D eigenvalue weighted by Gasteiger charge is 2.35. The number of hydrogen-bond donors (Lipinski definition) is 1. The maximum absolute atomic E-state index is 12.2. The number of amides is 1. The number of carbonyl (C=O) groups excluding carboxylic acids is 1. The molecular weight excluding hydrogens is 308 g/mol. The summed E-state index contributed by atoms with van der Waals surface area (Å²) in [6.07, 6.45) is 1.73. The molecule has 3 rings (SSSR count). The summed E-state index contributed by atoms with van der Waals surface area (Å²) in [7, 11) is -0.317. The number of likely N-dealkylation sites (N-methyl/N-ethyl adjacent to an activating group) is 1. The average Bonchev–Trinajstić information content (AvgIpc) is 3.22. The van der Waals surface area contributed by atoms with Gasteiger partial charge in [-0.25, -0.2) is 8.42 Å². The number of hydrogen-bond acceptors (Lipinski definition) is 5. The van der Waals surface area contributed by atoms with Crippen LogP contribution in [0.3, 0.4) is 0 Å². The smallest absolute Gasteiger partial charge is 0.272 e. The van der Waals surface area contributed by atoms with Crippen molar-refractivity contribution in [3.63, 3.8) is 0 Å². The standard InChI is InChI=1S/C13H20N4O4S/c1-16-5-6-17-10(13(16)18)7-12(14-17)15-22(19,20)8-11(21-2)9-3-4-9/h7,9,11H,3-6,8H2,1-2H3,(H,14,15). The van der Waals surface area contributed by atoms with Crippen LogP contribution < -0.4 is 4.72 Å². The SMILES string of the molecule is COC(CS(=O)(=O)Nc1cc2n(n1)CCN(C)C2=O)C1CC1. The number of aromatic nitrogens is 2. The van der Waals surface area contributed by atoms with Gasteiger partial charge in [-0.05, 0) is 18.8 Å². The Morgan fingerprint density at radius 3 is 2.82 bits per heavy atom. The lowest BCUT2D eigenvalue weighted by atomic mass is 10.3. The fraction of sp³-hybridized carbons (Fsp3) is 0.692. The number of fused-ring (bicyclic) bond motifs is 1. The average molecular weight is 328 g/mol. The van der Waals surface area contributed by atoms with Crippen molar-refractivity contribution < 1.29 is 17.9 Å². The Morgan fingerprint density at radius 1 is 1.45 bits per heavy atom. The summed E-state index contributed by atoms with van der Waals surface area (Å²) in [5.41, 5.74) is 0.400. The van der Waals surface area contributed by atoms with E-state index in [1.165, 1.54) is 17.9 Å². The summed E-state index contributed by atoms with van der Waals surface area (Å²) in [5.74, 6) is 0.262. The van der Waals surface area contributed by atoms with E-state index in [2.05, 4.69) is 9.82 Å². The zero-order valence-corrected chi connectivity index (χ0v) is 13.5. The molecule has 1 N–H and O–H groups in total. The van der Waals surface area contributed by atoms with Crippen molar-refractivity contribution in [3.05, 3.63) is 11.8 Å². The van der Waals surface area contributed by atoms with Crippen LogP contribution in [-0.2, 0) is 21.3 Å². The van der Waals surface area contributed by atoms with Gasteiger partial charge in [-0.15, -0.1) is 0 Å². The number of methoxy groups -OCH3 is 1. The number of ether oxygens (including phenoxy) is 1. The molecular formula is C13H20N4O4S. The molecule has 1 unspecified atom stereocenters. The lowest BCUT2D eigenvalue weighted by Gasteiger charge is -2.22. The van der Waals surface area contributed by atoms with Gasteiger partial charge in [0, 0.05) is 26.8 Å². The number of nitrogens with zero attached hydrogens (tertiary/aromatic N) is 3. The second kappa shape index (κ2) is 5.54. The Bertz CT molecular complexity index is 680. The second-order valence-corrected chi connectivity index (χ2v) is 7.63. The van der Waals surface area contributed by atoms with Gasteiger partial charge in [0.05, 0.1) is 18.4 Å². The van der Waals surface area contributed by atoms with E-state index in [4.69, 9.17) is 4.74 Å². The maximum atomic E-state index is 12.2. The summed E-state index contributed by atoms with van der Waals surface area (Å²) in [5, 5.41) is 4.15. The van der Waals surface area contributed by atoms with Crippen molar-refractivity contribution in [2.24, 2.45) is 5.92 Å². The van der Waals surface area contributed by atoms with E-state index < -0.39 is 10.0 Å². The third-order valence-electron chi connectivity index (χ3n) is 4.09. The van der Waals surface area contributed by atoms with Crippen LogP contribution in [0.1, 0.15) is 23.3 Å². The molecule has 1 aromatic heterocycles. The molecule has 2 heterocycles. The van der Waals surface area contributed by atoms with E-state index >= 15 is 0 Å². The van der Waals surface area contributed by atoms with Gasteiger partial charge in [-0.3, -0.25) is 14.2 Å². The van der Waals surface area contributed by atoms with Gasteiger partial charge in [-0.2, -0.15) is 5.10 Å². The van der Waals surface area contributed by atoms with Crippen LogP contribution in [-0.4, -0.2) is 61.6 Å². The second-order valence-electron chi connectivity index (χ2n) is 5.86. The van der Waals surface area contributed by atoms with Gasteiger partial charge >= 0.3 is 0 Å². The molecule has 1 aliphatic heterocycles. The van der Waals surface area contributed by atoms with Crippen LogP contribution >= 0.6 is 0 Å². The van der Waals surface area contributed by atoms with Crippen molar-refractivity contribution in [1.82, 2.24) is 14.7 Å². The molecule has 1 fully saturated rings. The van der Waals surface area contributed by atoms with E-state index in [-0.39, 0.29) is 23.6 Å². The van der Waals surface area contributed by atoms with Crippen molar-refractivity contribution in [1.29, 1.82) is 0 Å². The van der Waals surface area contributed by atoms with Gasteiger partial charge in [-0.1, -0.05) is 0 Å². The first-order chi connectivity index (χ1) is 10.4. The fourth-order valence-electron chi connectivity index (χ4n) is 2.63. The van der Waals surface area contributed by atoms with E-state index in [0.29, 0.717) is 24.7 Å². The Labute approximate surface area is 129 Å². The van der Waals surface area contributed by atoms with E-state index in [9.17, 15) is 13.2 Å². The van der Waals surface area contributed by atoms with Crippen LogP contribution in [0.2, 0.25) is 0 Å². The molecule has 0 aromatic carbocycles. The summed E-state index contributed by atoms with van der Waals surface area (Å²) < 4.78 is 33.7. The minimum Gasteiger partial charge on any atom is -0.380 e. The predicted octanol–water partition coefficient (Wildman–Crippen LogP) is 0.135. The Balaban J connectivity index is 1.73.